The first-order valence-corrected chi connectivity index (χ1v) is 8.06. The van der Waals surface area contributed by atoms with Crippen molar-refractivity contribution in [1.29, 1.82) is 0 Å². The lowest BCUT2D eigenvalue weighted by molar-refractivity contribution is -0.384. The number of carbonyl (C=O) groups excluding carboxylic acids is 1. The maximum atomic E-state index is 12.6. The molecule has 0 saturated heterocycles. The molecule has 0 aliphatic rings. The number of carbonyl (C=O) groups is 1. The van der Waals surface area contributed by atoms with Gasteiger partial charge in [0, 0.05) is 35.3 Å². The third-order valence-electron chi connectivity index (χ3n) is 3.94. The van der Waals surface area contributed by atoms with Gasteiger partial charge in [-0.3, -0.25) is 14.9 Å². The normalized spacial score (nSPS) is 10.6. The first-order valence-electron chi connectivity index (χ1n) is 8.06. The largest absolute Gasteiger partial charge is 0.423 e. The molecule has 2 aromatic heterocycles. The molecule has 1 N–H and O–H groups in total. The number of nitrogens with one attached hydrogen (secondary N) is 1. The number of hydrogen-bond acceptors (Lipinski definition) is 7. The first-order chi connectivity index (χ1) is 13.6. The van der Waals surface area contributed by atoms with E-state index in [4.69, 9.17) is 4.42 Å². The van der Waals surface area contributed by atoms with Gasteiger partial charge in [0.2, 0.25) is 12.3 Å². The van der Waals surface area contributed by atoms with E-state index in [1.165, 1.54) is 41.7 Å². The number of nitrogens with zero attached hydrogens (tertiary/aromatic N) is 5. The smallest absolute Gasteiger partial charge is 0.294 e. The highest BCUT2D eigenvalue weighted by molar-refractivity contribution is 6.05. The van der Waals surface area contributed by atoms with Crippen molar-refractivity contribution in [2.24, 2.45) is 0 Å². The van der Waals surface area contributed by atoms with Crippen molar-refractivity contribution in [3.63, 3.8) is 0 Å². The lowest BCUT2D eigenvalue weighted by Crippen LogP contribution is -2.12. The van der Waals surface area contributed by atoms with Gasteiger partial charge in [-0.1, -0.05) is 6.07 Å². The topological polar surface area (TPSA) is 129 Å². The van der Waals surface area contributed by atoms with Crippen molar-refractivity contribution in [1.82, 2.24) is 19.7 Å². The summed E-state index contributed by atoms with van der Waals surface area (Å²) in [5.41, 5.74) is 1.39. The molecule has 10 heteroatoms. The molecule has 0 fully saturated rings. The van der Waals surface area contributed by atoms with Gasteiger partial charge in [-0.2, -0.15) is 0 Å². The van der Waals surface area contributed by atoms with Gasteiger partial charge in [-0.05, 0) is 30.3 Å². The fourth-order valence-corrected chi connectivity index (χ4v) is 2.66. The Bertz CT molecular complexity index is 1140. The van der Waals surface area contributed by atoms with Gasteiger partial charge in [0.25, 0.3) is 11.6 Å². The summed E-state index contributed by atoms with van der Waals surface area (Å²) >= 11 is 0. The maximum Gasteiger partial charge on any atom is 0.294 e. The van der Waals surface area contributed by atoms with Gasteiger partial charge in [0.15, 0.2) is 0 Å². The van der Waals surface area contributed by atoms with Crippen molar-refractivity contribution < 1.29 is 14.1 Å². The molecule has 2 heterocycles. The molecule has 0 aliphatic heterocycles. The number of rotatable bonds is 5. The third kappa shape index (κ3) is 3.33. The number of imidazole rings is 1. The van der Waals surface area contributed by atoms with E-state index in [9.17, 15) is 14.9 Å². The van der Waals surface area contributed by atoms with Crippen LogP contribution < -0.4 is 5.32 Å². The third-order valence-corrected chi connectivity index (χ3v) is 3.94. The average molecular weight is 376 g/mol. The van der Waals surface area contributed by atoms with E-state index >= 15 is 0 Å². The first kappa shape index (κ1) is 17.1. The molecular formula is C18H12N6O4. The molecule has 0 atom stereocenters. The maximum absolute atomic E-state index is 12.6. The quantitative estimate of drug-likeness (QED) is 0.418. The Labute approximate surface area is 157 Å². The fraction of sp³-hybridized carbons (Fsp3) is 0. The van der Waals surface area contributed by atoms with Gasteiger partial charge in [-0.25, -0.2) is 4.98 Å². The monoisotopic (exact) mass is 376 g/mol. The molecular weight excluding hydrogens is 364 g/mol. The number of hydrogen-bond donors (Lipinski definition) is 1. The SMILES string of the molecule is O=C(Nc1cccc(-c2nnco2)c1)c1ccc(-n2ccnc2)c([N+](=O)[O-])c1. The summed E-state index contributed by atoms with van der Waals surface area (Å²) in [4.78, 5) is 27.4. The summed E-state index contributed by atoms with van der Waals surface area (Å²) < 4.78 is 6.65. The van der Waals surface area contributed by atoms with Gasteiger partial charge < -0.3 is 14.3 Å². The highest BCUT2D eigenvalue weighted by Crippen LogP contribution is 2.25. The van der Waals surface area contributed by atoms with Crippen LogP contribution in [0.15, 0.2) is 72.0 Å². The molecule has 0 spiro atoms. The van der Waals surface area contributed by atoms with E-state index in [0.29, 0.717) is 22.8 Å². The predicted molar refractivity (Wildman–Crippen MR) is 97.9 cm³/mol. The Morgan fingerprint density at radius 3 is 2.82 bits per heavy atom. The van der Waals surface area contributed by atoms with Crippen LogP contribution in [0.2, 0.25) is 0 Å². The summed E-state index contributed by atoms with van der Waals surface area (Å²) in [6.07, 6.45) is 5.76. The van der Waals surface area contributed by atoms with Gasteiger partial charge in [0.05, 0.1) is 11.3 Å². The molecule has 10 nitrogen and oxygen atoms in total. The van der Waals surface area contributed by atoms with Crippen LogP contribution in [-0.4, -0.2) is 30.6 Å². The Balaban J connectivity index is 1.61. The van der Waals surface area contributed by atoms with Crippen LogP contribution in [-0.2, 0) is 0 Å². The summed E-state index contributed by atoms with van der Waals surface area (Å²) in [6, 6.07) is 11.1. The lowest BCUT2D eigenvalue weighted by atomic mass is 10.1. The number of anilines is 1. The number of benzene rings is 2. The Kier molecular flexibility index (Phi) is 4.34. The Morgan fingerprint density at radius 2 is 2.11 bits per heavy atom. The Morgan fingerprint density at radius 1 is 1.21 bits per heavy atom. The van der Waals surface area contributed by atoms with Crippen molar-refractivity contribution in [3.8, 4) is 17.1 Å². The van der Waals surface area contributed by atoms with Gasteiger partial charge >= 0.3 is 0 Å². The fourth-order valence-electron chi connectivity index (χ4n) is 2.66. The van der Waals surface area contributed by atoms with Crippen LogP contribution in [0.25, 0.3) is 17.1 Å². The zero-order valence-corrected chi connectivity index (χ0v) is 14.2. The van der Waals surface area contributed by atoms with Crippen LogP contribution in [0.5, 0.6) is 0 Å². The summed E-state index contributed by atoms with van der Waals surface area (Å²) in [5.74, 6) is -0.167. The van der Waals surface area contributed by atoms with Crippen molar-refractivity contribution in [3.05, 3.63) is 83.3 Å². The van der Waals surface area contributed by atoms with Crippen LogP contribution in [0.3, 0.4) is 0 Å². The second kappa shape index (κ2) is 7.11. The molecule has 0 saturated carbocycles. The minimum absolute atomic E-state index is 0.152. The van der Waals surface area contributed by atoms with E-state index < -0.39 is 10.8 Å². The van der Waals surface area contributed by atoms with Crippen molar-refractivity contribution >= 4 is 17.3 Å². The molecule has 138 valence electrons. The zero-order valence-electron chi connectivity index (χ0n) is 14.2. The number of nitro groups is 1. The van der Waals surface area contributed by atoms with E-state index in [1.54, 1.807) is 30.5 Å². The summed E-state index contributed by atoms with van der Waals surface area (Å²) in [6.45, 7) is 0. The highest BCUT2D eigenvalue weighted by Gasteiger charge is 2.19. The molecule has 0 unspecified atom stereocenters. The zero-order chi connectivity index (χ0) is 19.5. The standard InChI is InChI=1S/C18H12N6O4/c25-17(21-14-3-1-2-13(8-14)18-22-20-11-28-18)12-4-5-15(16(9-12)24(26)27)23-7-6-19-10-23/h1-11H,(H,21,25). The van der Waals surface area contributed by atoms with Gasteiger partial charge in [0.1, 0.15) is 5.69 Å². The minimum atomic E-state index is -0.539. The van der Waals surface area contributed by atoms with Crippen LogP contribution in [0.1, 0.15) is 10.4 Å². The molecule has 4 rings (SSSR count). The minimum Gasteiger partial charge on any atom is -0.423 e. The van der Waals surface area contributed by atoms with Crippen LogP contribution in [0.4, 0.5) is 11.4 Å². The average Bonchev–Trinajstić information content (AvgIpc) is 3.41. The number of aromatic nitrogens is 4. The van der Waals surface area contributed by atoms with E-state index in [2.05, 4.69) is 20.5 Å². The molecule has 0 radical (unpaired) electrons. The number of nitro benzene ring substituents is 1. The second-order valence-corrected chi connectivity index (χ2v) is 5.71. The van der Waals surface area contributed by atoms with Crippen LogP contribution >= 0.6 is 0 Å². The summed E-state index contributed by atoms with van der Waals surface area (Å²) in [7, 11) is 0. The molecule has 4 aromatic rings. The van der Waals surface area contributed by atoms with Crippen molar-refractivity contribution in [2.75, 3.05) is 5.32 Å². The van der Waals surface area contributed by atoms with Crippen LogP contribution in [0, 0.1) is 10.1 Å². The second-order valence-electron chi connectivity index (χ2n) is 5.71. The molecule has 0 bridgehead atoms. The molecule has 0 aliphatic carbocycles. The molecule has 2 aromatic carbocycles. The highest BCUT2D eigenvalue weighted by atomic mass is 16.6. The van der Waals surface area contributed by atoms with E-state index in [-0.39, 0.29) is 11.3 Å². The van der Waals surface area contributed by atoms with Crippen molar-refractivity contribution in [2.45, 2.75) is 0 Å². The number of amides is 1. The lowest BCUT2D eigenvalue weighted by Gasteiger charge is -2.08. The van der Waals surface area contributed by atoms with E-state index in [0.717, 1.165) is 0 Å². The molecule has 1 amide bonds. The van der Waals surface area contributed by atoms with Gasteiger partial charge in [-0.15, -0.1) is 10.2 Å². The predicted octanol–water partition coefficient (Wildman–Crippen LogP) is 3.08. The Hall–Kier alpha value is -4.34. The van der Waals surface area contributed by atoms with E-state index in [1.807, 2.05) is 0 Å². The summed E-state index contributed by atoms with van der Waals surface area (Å²) in [5, 5.41) is 21.6. The molecule has 28 heavy (non-hydrogen) atoms.